The molecule has 3 atom stereocenters. The zero-order chi connectivity index (χ0) is 13.1. The topological polar surface area (TPSA) is 15.3 Å². The summed E-state index contributed by atoms with van der Waals surface area (Å²) in [5, 5.41) is 3.80. The number of rotatable bonds is 3. The van der Waals surface area contributed by atoms with Crippen molar-refractivity contribution in [3.8, 4) is 0 Å². The van der Waals surface area contributed by atoms with Crippen molar-refractivity contribution < 1.29 is 0 Å². The second-order valence-electron chi connectivity index (χ2n) is 5.80. The molecular formula is C16H26N2. The van der Waals surface area contributed by atoms with E-state index in [0.717, 1.165) is 0 Å². The van der Waals surface area contributed by atoms with Crippen LogP contribution in [-0.2, 0) is 0 Å². The Hall–Kier alpha value is -0.860. The highest BCUT2D eigenvalue weighted by atomic mass is 15.1. The van der Waals surface area contributed by atoms with Crippen LogP contribution < -0.4 is 5.32 Å². The summed E-state index contributed by atoms with van der Waals surface area (Å²) in [6.45, 7) is 8.02. The van der Waals surface area contributed by atoms with Gasteiger partial charge in [0.25, 0.3) is 0 Å². The predicted molar refractivity (Wildman–Crippen MR) is 77.8 cm³/mol. The quantitative estimate of drug-likeness (QED) is 0.881. The van der Waals surface area contributed by atoms with Crippen molar-refractivity contribution in [3.63, 3.8) is 0 Å². The minimum atomic E-state index is 0.451. The summed E-state index contributed by atoms with van der Waals surface area (Å²) < 4.78 is 0. The Morgan fingerprint density at radius 2 is 2.06 bits per heavy atom. The van der Waals surface area contributed by atoms with Crippen LogP contribution in [0, 0.1) is 6.92 Å². The molecule has 0 aliphatic carbocycles. The van der Waals surface area contributed by atoms with Crippen LogP contribution in [0.4, 0.5) is 0 Å². The number of nitrogens with zero attached hydrogens (tertiary/aromatic N) is 1. The average molecular weight is 246 g/mol. The summed E-state index contributed by atoms with van der Waals surface area (Å²) in [5.41, 5.74) is 2.82. The molecular weight excluding hydrogens is 220 g/mol. The van der Waals surface area contributed by atoms with E-state index < -0.39 is 0 Å². The van der Waals surface area contributed by atoms with Crippen LogP contribution in [-0.4, -0.2) is 30.6 Å². The van der Waals surface area contributed by atoms with E-state index in [4.69, 9.17) is 0 Å². The van der Waals surface area contributed by atoms with Crippen LogP contribution in [0.2, 0.25) is 0 Å². The Morgan fingerprint density at radius 3 is 2.72 bits per heavy atom. The molecule has 1 heterocycles. The van der Waals surface area contributed by atoms with Gasteiger partial charge in [0.1, 0.15) is 0 Å². The number of aryl methyl sites for hydroxylation is 1. The SMILES string of the molecule is Cc1ccccc1[C@H](C)NC1CCN(C)C(C)C1. The zero-order valence-corrected chi connectivity index (χ0v) is 12.1. The molecule has 1 aliphatic heterocycles. The molecule has 2 heteroatoms. The fourth-order valence-electron chi connectivity index (χ4n) is 2.96. The molecule has 100 valence electrons. The second kappa shape index (κ2) is 5.85. The summed E-state index contributed by atoms with van der Waals surface area (Å²) in [6, 6.07) is 10.5. The maximum absolute atomic E-state index is 3.80. The van der Waals surface area contributed by atoms with E-state index in [-0.39, 0.29) is 0 Å². The number of nitrogens with one attached hydrogen (secondary N) is 1. The summed E-state index contributed by atoms with van der Waals surface area (Å²) in [6.07, 6.45) is 2.52. The van der Waals surface area contributed by atoms with Gasteiger partial charge in [0.2, 0.25) is 0 Å². The number of hydrogen-bond acceptors (Lipinski definition) is 2. The van der Waals surface area contributed by atoms with Gasteiger partial charge in [-0.15, -0.1) is 0 Å². The molecule has 18 heavy (non-hydrogen) atoms. The fourth-order valence-corrected chi connectivity index (χ4v) is 2.96. The van der Waals surface area contributed by atoms with E-state index >= 15 is 0 Å². The van der Waals surface area contributed by atoms with Crippen molar-refractivity contribution in [2.24, 2.45) is 0 Å². The number of benzene rings is 1. The van der Waals surface area contributed by atoms with Crippen LogP contribution in [0.15, 0.2) is 24.3 Å². The van der Waals surface area contributed by atoms with Gasteiger partial charge in [0.15, 0.2) is 0 Å². The van der Waals surface area contributed by atoms with Crippen molar-refractivity contribution >= 4 is 0 Å². The van der Waals surface area contributed by atoms with Gasteiger partial charge in [-0.2, -0.15) is 0 Å². The first-order valence-electron chi connectivity index (χ1n) is 7.09. The first kappa shape index (κ1) is 13.6. The molecule has 2 nitrogen and oxygen atoms in total. The van der Waals surface area contributed by atoms with Gasteiger partial charge >= 0.3 is 0 Å². The van der Waals surface area contributed by atoms with Gasteiger partial charge in [-0.1, -0.05) is 24.3 Å². The lowest BCUT2D eigenvalue weighted by atomic mass is 9.96. The van der Waals surface area contributed by atoms with Crippen molar-refractivity contribution in [1.29, 1.82) is 0 Å². The molecule has 1 aromatic carbocycles. The number of hydrogen-bond donors (Lipinski definition) is 1. The summed E-state index contributed by atoms with van der Waals surface area (Å²) in [4.78, 5) is 2.45. The van der Waals surface area contributed by atoms with Crippen LogP contribution in [0.5, 0.6) is 0 Å². The van der Waals surface area contributed by atoms with Crippen LogP contribution in [0.3, 0.4) is 0 Å². The van der Waals surface area contributed by atoms with Crippen molar-refractivity contribution in [1.82, 2.24) is 10.2 Å². The minimum Gasteiger partial charge on any atom is -0.307 e. The molecule has 0 amide bonds. The first-order chi connectivity index (χ1) is 8.58. The van der Waals surface area contributed by atoms with Crippen LogP contribution >= 0.6 is 0 Å². The Morgan fingerprint density at radius 1 is 1.33 bits per heavy atom. The van der Waals surface area contributed by atoms with E-state index in [9.17, 15) is 0 Å². The van der Waals surface area contributed by atoms with Crippen molar-refractivity contribution in [2.45, 2.75) is 51.7 Å². The number of piperidine rings is 1. The van der Waals surface area contributed by atoms with E-state index in [0.29, 0.717) is 18.1 Å². The monoisotopic (exact) mass is 246 g/mol. The van der Waals surface area contributed by atoms with Gasteiger partial charge in [-0.25, -0.2) is 0 Å². The highest BCUT2D eigenvalue weighted by Crippen LogP contribution is 2.21. The highest BCUT2D eigenvalue weighted by molar-refractivity contribution is 5.28. The molecule has 0 aromatic heterocycles. The molecule has 1 aliphatic rings. The molecule has 0 spiro atoms. The van der Waals surface area contributed by atoms with Gasteiger partial charge < -0.3 is 10.2 Å². The van der Waals surface area contributed by atoms with Crippen LogP contribution in [0.25, 0.3) is 0 Å². The summed E-state index contributed by atoms with van der Waals surface area (Å²) >= 11 is 0. The van der Waals surface area contributed by atoms with E-state index in [1.165, 1.54) is 30.5 Å². The lowest BCUT2D eigenvalue weighted by Crippen LogP contribution is -2.46. The average Bonchev–Trinajstić information content (AvgIpc) is 2.34. The van der Waals surface area contributed by atoms with E-state index in [1.807, 2.05) is 0 Å². The Bertz CT molecular complexity index is 388. The largest absolute Gasteiger partial charge is 0.307 e. The Kier molecular flexibility index (Phi) is 4.41. The third-order valence-electron chi connectivity index (χ3n) is 4.35. The highest BCUT2D eigenvalue weighted by Gasteiger charge is 2.24. The van der Waals surface area contributed by atoms with Gasteiger partial charge in [0, 0.05) is 18.1 Å². The molecule has 2 rings (SSSR count). The molecule has 1 saturated heterocycles. The molecule has 0 saturated carbocycles. The third-order valence-corrected chi connectivity index (χ3v) is 4.35. The zero-order valence-electron chi connectivity index (χ0n) is 12.1. The first-order valence-corrected chi connectivity index (χ1v) is 7.09. The third kappa shape index (κ3) is 3.12. The molecule has 1 N–H and O–H groups in total. The maximum Gasteiger partial charge on any atom is 0.0296 e. The lowest BCUT2D eigenvalue weighted by Gasteiger charge is -2.37. The Labute approximate surface area is 111 Å². The lowest BCUT2D eigenvalue weighted by molar-refractivity contribution is 0.163. The molecule has 0 bridgehead atoms. The van der Waals surface area contributed by atoms with Crippen molar-refractivity contribution in [3.05, 3.63) is 35.4 Å². The molecule has 1 fully saturated rings. The minimum absolute atomic E-state index is 0.451. The van der Waals surface area contributed by atoms with E-state index in [1.54, 1.807) is 0 Å². The van der Waals surface area contributed by atoms with Gasteiger partial charge in [-0.05, 0) is 58.3 Å². The molecule has 2 unspecified atom stereocenters. The predicted octanol–water partition coefficient (Wildman–Crippen LogP) is 3.13. The van der Waals surface area contributed by atoms with Crippen LogP contribution in [0.1, 0.15) is 43.9 Å². The smallest absolute Gasteiger partial charge is 0.0296 e. The number of likely N-dealkylation sites (tertiary alicyclic amines) is 1. The summed E-state index contributed by atoms with van der Waals surface area (Å²) in [7, 11) is 2.23. The van der Waals surface area contributed by atoms with E-state index in [2.05, 4.69) is 62.3 Å². The second-order valence-corrected chi connectivity index (χ2v) is 5.80. The Balaban J connectivity index is 1.96. The maximum atomic E-state index is 3.80. The van der Waals surface area contributed by atoms with Crippen molar-refractivity contribution in [2.75, 3.05) is 13.6 Å². The van der Waals surface area contributed by atoms with Gasteiger partial charge in [0.05, 0.1) is 0 Å². The van der Waals surface area contributed by atoms with Gasteiger partial charge in [-0.3, -0.25) is 0 Å². The standard InChI is InChI=1S/C16H26N2/c1-12-7-5-6-8-16(12)14(3)17-15-9-10-18(4)13(2)11-15/h5-8,13-15,17H,9-11H2,1-4H3/t13?,14-,15?/m0/s1. The molecule has 1 aromatic rings. The normalized spacial score (nSPS) is 27.1. The molecule has 0 radical (unpaired) electrons. The summed E-state index contributed by atoms with van der Waals surface area (Å²) in [5.74, 6) is 0. The fraction of sp³-hybridized carbons (Fsp3) is 0.625.